The molecule has 0 heterocycles. The molecular formula is C14H28NaO5S+. The molecule has 0 aromatic carbocycles. The van der Waals surface area contributed by atoms with Gasteiger partial charge in [-0.2, -0.15) is 8.42 Å². The number of ether oxygens (including phenoxy) is 1. The quantitative estimate of drug-likeness (QED) is 0.228. The molecule has 0 bridgehead atoms. The Balaban J connectivity index is 0. The van der Waals surface area contributed by atoms with Crippen LogP contribution in [0.2, 0.25) is 0 Å². The van der Waals surface area contributed by atoms with E-state index in [2.05, 4.69) is 6.92 Å². The summed E-state index contributed by atoms with van der Waals surface area (Å²) in [6.07, 6.45) is 10.9. The van der Waals surface area contributed by atoms with Crippen LogP contribution in [0.3, 0.4) is 0 Å². The van der Waals surface area contributed by atoms with Gasteiger partial charge in [0.25, 0.3) is 10.1 Å². The van der Waals surface area contributed by atoms with Crippen LogP contribution in [0, 0.1) is 0 Å². The Morgan fingerprint density at radius 3 is 1.90 bits per heavy atom. The molecule has 0 atom stereocenters. The molecule has 0 aliphatic heterocycles. The molecule has 0 fully saturated rings. The molecule has 0 radical (unpaired) electrons. The van der Waals surface area contributed by atoms with E-state index >= 15 is 0 Å². The van der Waals surface area contributed by atoms with E-state index in [1.54, 1.807) is 0 Å². The molecule has 0 amide bonds. The zero-order valence-corrected chi connectivity index (χ0v) is 16.3. The van der Waals surface area contributed by atoms with Crippen molar-refractivity contribution in [2.45, 2.75) is 71.1 Å². The van der Waals surface area contributed by atoms with Gasteiger partial charge >= 0.3 is 35.5 Å². The average Bonchev–Trinajstić information content (AvgIpc) is 2.35. The molecule has 0 saturated heterocycles. The Bertz CT molecular complexity index is 343. The molecule has 1 N–H and O–H groups in total. The molecule has 120 valence electrons. The van der Waals surface area contributed by atoms with E-state index in [0.29, 0.717) is 6.42 Å². The minimum absolute atomic E-state index is 0. The Labute approximate surface area is 151 Å². The third-order valence-electron chi connectivity index (χ3n) is 3.09. The molecule has 0 aliphatic rings. The van der Waals surface area contributed by atoms with Crippen LogP contribution in [0.5, 0.6) is 0 Å². The minimum atomic E-state index is -4.04. The smallest absolute Gasteiger partial charge is 0.464 e. The van der Waals surface area contributed by atoms with Crippen molar-refractivity contribution < 1.29 is 52.1 Å². The first-order valence-corrected chi connectivity index (χ1v) is 9.17. The third kappa shape index (κ3) is 20.4. The van der Waals surface area contributed by atoms with Crippen molar-refractivity contribution in [2.24, 2.45) is 0 Å². The van der Waals surface area contributed by atoms with Crippen molar-refractivity contribution in [2.75, 3.05) is 12.4 Å². The Kier molecular flexibility index (Phi) is 17.2. The van der Waals surface area contributed by atoms with Crippen molar-refractivity contribution in [1.82, 2.24) is 0 Å². The van der Waals surface area contributed by atoms with Gasteiger partial charge in [-0.05, 0) is 6.42 Å². The maximum absolute atomic E-state index is 11.2. The normalized spacial score (nSPS) is 11.0. The molecule has 21 heavy (non-hydrogen) atoms. The summed E-state index contributed by atoms with van der Waals surface area (Å²) in [6.45, 7) is 1.93. The molecular weight excluding hydrogens is 303 g/mol. The van der Waals surface area contributed by atoms with Gasteiger partial charge in [-0.3, -0.25) is 9.35 Å². The topological polar surface area (TPSA) is 80.7 Å². The predicted molar refractivity (Wildman–Crippen MR) is 79.2 cm³/mol. The fourth-order valence-corrected chi connectivity index (χ4v) is 2.21. The summed E-state index contributed by atoms with van der Waals surface area (Å²) >= 11 is 0. The molecule has 0 aliphatic carbocycles. The summed E-state index contributed by atoms with van der Waals surface area (Å²) in [4.78, 5) is 11.2. The standard InChI is InChI=1S/C14H28O5S.Na/c1-2-3-4-5-6-7-8-9-10-11-14(15)19-12-13-20(16,17)18;/h2-13H2,1H3,(H,16,17,18);/q;+1. The van der Waals surface area contributed by atoms with Crippen LogP contribution >= 0.6 is 0 Å². The minimum Gasteiger partial charge on any atom is -0.464 e. The van der Waals surface area contributed by atoms with Crippen LogP contribution in [0.25, 0.3) is 0 Å². The zero-order valence-electron chi connectivity index (χ0n) is 13.5. The van der Waals surface area contributed by atoms with E-state index in [9.17, 15) is 13.2 Å². The first-order chi connectivity index (χ1) is 9.45. The van der Waals surface area contributed by atoms with Gasteiger partial charge in [-0.25, -0.2) is 0 Å². The number of hydrogen-bond acceptors (Lipinski definition) is 4. The van der Waals surface area contributed by atoms with Gasteiger partial charge in [0.15, 0.2) is 0 Å². The summed E-state index contributed by atoms with van der Waals surface area (Å²) in [5, 5.41) is 0. The molecule has 0 unspecified atom stereocenters. The van der Waals surface area contributed by atoms with E-state index in [4.69, 9.17) is 9.29 Å². The van der Waals surface area contributed by atoms with E-state index in [1.807, 2.05) is 0 Å². The Morgan fingerprint density at radius 2 is 1.43 bits per heavy atom. The van der Waals surface area contributed by atoms with Crippen LogP contribution in [0.4, 0.5) is 0 Å². The molecule has 0 rings (SSSR count). The largest absolute Gasteiger partial charge is 1.00 e. The summed E-state index contributed by atoms with van der Waals surface area (Å²) in [5.41, 5.74) is 0. The number of rotatable bonds is 13. The van der Waals surface area contributed by atoms with Crippen molar-refractivity contribution >= 4 is 16.1 Å². The van der Waals surface area contributed by atoms with Gasteiger partial charge in [0, 0.05) is 6.42 Å². The molecule has 5 nitrogen and oxygen atoms in total. The van der Waals surface area contributed by atoms with Crippen LogP contribution in [-0.4, -0.2) is 31.3 Å². The maximum Gasteiger partial charge on any atom is 1.00 e. The van der Waals surface area contributed by atoms with Gasteiger partial charge < -0.3 is 4.74 Å². The fourth-order valence-electron chi connectivity index (χ4n) is 1.91. The fraction of sp³-hybridized carbons (Fsp3) is 0.929. The summed E-state index contributed by atoms with van der Waals surface area (Å²) in [6, 6.07) is 0. The van der Waals surface area contributed by atoms with Gasteiger partial charge in [0.1, 0.15) is 12.4 Å². The van der Waals surface area contributed by atoms with E-state index in [1.165, 1.54) is 38.5 Å². The SMILES string of the molecule is CCCCCCCCCCCC(=O)OCCS(=O)(=O)O.[Na+]. The molecule has 7 heteroatoms. The summed E-state index contributed by atoms with van der Waals surface area (Å²) in [5.74, 6) is -0.923. The summed E-state index contributed by atoms with van der Waals surface area (Å²) in [7, 11) is -4.04. The van der Waals surface area contributed by atoms with Crippen molar-refractivity contribution in [3.05, 3.63) is 0 Å². The van der Waals surface area contributed by atoms with Crippen LogP contribution in [0.15, 0.2) is 0 Å². The second kappa shape index (κ2) is 15.3. The monoisotopic (exact) mass is 331 g/mol. The van der Waals surface area contributed by atoms with E-state index < -0.39 is 21.8 Å². The third-order valence-corrected chi connectivity index (χ3v) is 3.77. The number of carbonyl (C=O) groups excluding carboxylic acids is 1. The maximum atomic E-state index is 11.2. The van der Waals surface area contributed by atoms with Crippen molar-refractivity contribution in [3.8, 4) is 0 Å². The van der Waals surface area contributed by atoms with Crippen molar-refractivity contribution in [1.29, 1.82) is 0 Å². The predicted octanol–water partition coefficient (Wildman–Crippen LogP) is 0.342. The second-order valence-electron chi connectivity index (χ2n) is 5.08. The van der Waals surface area contributed by atoms with Crippen LogP contribution in [0.1, 0.15) is 71.1 Å². The first-order valence-electron chi connectivity index (χ1n) is 7.56. The number of esters is 1. The second-order valence-corrected chi connectivity index (χ2v) is 6.66. The van der Waals surface area contributed by atoms with Crippen molar-refractivity contribution in [3.63, 3.8) is 0 Å². The number of unbranched alkanes of at least 4 members (excludes halogenated alkanes) is 8. The van der Waals surface area contributed by atoms with Crippen LogP contribution < -0.4 is 29.6 Å². The molecule has 0 aromatic rings. The van der Waals surface area contributed by atoms with E-state index in [-0.39, 0.29) is 36.2 Å². The Hall–Kier alpha value is 0.380. The van der Waals surface area contributed by atoms with E-state index in [0.717, 1.165) is 19.3 Å². The molecule has 0 spiro atoms. The number of carbonyl (C=O) groups is 1. The van der Waals surface area contributed by atoms with Crippen LogP contribution in [-0.2, 0) is 19.6 Å². The average molecular weight is 331 g/mol. The van der Waals surface area contributed by atoms with Gasteiger partial charge in [0.05, 0.1) is 0 Å². The Morgan fingerprint density at radius 1 is 0.952 bits per heavy atom. The van der Waals surface area contributed by atoms with Gasteiger partial charge in [-0.1, -0.05) is 58.3 Å². The molecule has 0 saturated carbocycles. The summed E-state index contributed by atoms with van der Waals surface area (Å²) < 4.78 is 34.0. The zero-order chi connectivity index (χ0) is 15.3. The molecule has 0 aromatic heterocycles. The van der Waals surface area contributed by atoms with Gasteiger partial charge in [-0.15, -0.1) is 0 Å². The van der Waals surface area contributed by atoms with Gasteiger partial charge in [0.2, 0.25) is 0 Å². The number of hydrogen-bond donors (Lipinski definition) is 1. The first kappa shape index (κ1) is 23.6.